The Morgan fingerprint density at radius 2 is 1.95 bits per heavy atom. The molecule has 0 saturated heterocycles. The third-order valence-corrected chi connectivity index (χ3v) is 3.77. The van der Waals surface area contributed by atoms with Crippen molar-refractivity contribution in [2.75, 3.05) is 0 Å². The number of fused-ring (bicyclic) bond motifs is 1. The summed E-state index contributed by atoms with van der Waals surface area (Å²) in [5.74, 6) is 1.36. The quantitative estimate of drug-likeness (QED) is 0.660. The molecule has 0 amide bonds. The summed E-state index contributed by atoms with van der Waals surface area (Å²) in [5, 5.41) is 1.60. The molecule has 0 spiro atoms. The van der Waals surface area contributed by atoms with Crippen LogP contribution in [0.3, 0.4) is 0 Å². The van der Waals surface area contributed by atoms with Crippen LogP contribution in [-0.2, 0) is 0 Å². The van der Waals surface area contributed by atoms with Crippen LogP contribution in [-0.4, -0.2) is 15.0 Å². The zero-order chi connectivity index (χ0) is 13.5. The summed E-state index contributed by atoms with van der Waals surface area (Å²) in [6.07, 6.45) is 4.13. The Balaban J connectivity index is 1.94. The summed E-state index contributed by atoms with van der Waals surface area (Å²) in [5.41, 5.74) is 2.90. The fourth-order valence-corrected chi connectivity index (χ4v) is 2.61. The van der Waals surface area contributed by atoms with Crippen LogP contribution in [0.4, 0.5) is 0 Å². The number of hydrogen-bond acceptors (Lipinski definition) is 3. The molecule has 20 heavy (non-hydrogen) atoms. The molecule has 1 aliphatic carbocycles. The van der Waals surface area contributed by atoms with Crippen molar-refractivity contribution < 1.29 is 0 Å². The lowest BCUT2D eigenvalue weighted by atomic mass is 10.1. The largest absolute Gasteiger partial charge is 0.256 e. The number of halogens is 1. The lowest BCUT2D eigenvalue weighted by Crippen LogP contribution is -1.96. The summed E-state index contributed by atoms with van der Waals surface area (Å²) >= 11 is 6.16. The topological polar surface area (TPSA) is 38.7 Å². The lowest BCUT2D eigenvalue weighted by molar-refractivity contribution is 0.931. The number of rotatable bonds is 2. The molecular formula is C16H12ClN3. The second-order valence-corrected chi connectivity index (χ2v) is 5.47. The van der Waals surface area contributed by atoms with Gasteiger partial charge in [0.25, 0.3) is 0 Å². The molecule has 0 bridgehead atoms. The zero-order valence-corrected chi connectivity index (χ0v) is 11.5. The minimum absolute atomic E-state index is 0.487. The molecule has 0 aliphatic heterocycles. The third kappa shape index (κ3) is 2.04. The smallest absolute Gasteiger partial charge is 0.133 e. The minimum atomic E-state index is 0.487. The first kappa shape index (κ1) is 11.8. The van der Waals surface area contributed by atoms with Crippen LogP contribution in [0, 0.1) is 0 Å². The average Bonchev–Trinajstić information content (AvgIpc) is 3.30. The zero-order valence-electron chi connectivity index (χ0n) is 10.8. The molecule has 4 heteroatoms. The molecule has 0 radical (unpaired) electrons. The number of nitrogens with zero attached hydrogens (tertiary/aromatic N) is 3. The van der Waals surface area contributed by atoms with Gasteiger partial charge in [-0.25, -0.2) is 9.97 Å². The predicted molar refractivity (Wildman–Crippen MR) is 79.8 cm³/mol. The van der Waals surface area contributed by atoms with Gasteiger partial charge in [0.1, 0.15) is 11.0 Å². The van der Waals surface area contributed by atoms with Crippen molar-refractivity contribution in [3.8, 4) is 11.3 Å². The average molecular weight is 282 g/mol. The highest BCUT2D eigenvalue weighted by Crippen LogP contribution is 2.39. The van der Waals surface area contributed by atoms with E-state index in [0.717, 1.165) is 40.8 Å². The summed E-state index contributed by atoms with van der Waals surface area (Å²) in [4.78, 5) is 13.4. The molecule has 0 atom stereocenters. The Morgan fingerprint density at radius 3 is 2.80 bits per heavy atom. The van der Waals surface area contributed by atoms with Crippen molar-refractivity contribution in [1.29, 1.82) is 0 Å². The van der Waals surface area contributed by atoms with Gasteiger partial charge in [-0.05, 0) is 25.0 Å². The van der Waals surface area contributed by atoms with Gasteiger partial charge in [0.15, 0.2) is 0 Å². The molecule has 3 aromatic rings. The molecule has 3 nitrogen and oxygen atoms in total. The lowest BCUT2D eigenvalue weighted by Gasteiger charge is -2.07. The highest BCUT2D eigenvalue weighted by molar-refractivity contribution is 6.29. The van der Waals surface area contributed by atoms with E-state index in [1.165, 1.54) is 0 Å². The molecule has 1 saturated carbocycles. The van der Waals surface area contributed by atoms with E-state index >= 15 is 0 Å². The Kier molecular flexibility index (Phi) is 2.67. The van der Waals surface area contributed by atoms with E-state index in [9.17, 15) is 0 Å². The second kappa shape index (κ2) is 4.53. The highest BCUT2D eigenvalue weighted by atomic mass is 35.5. The number of hydrogen-bond donors (Lipinski definition) is 0. The SMILES string of the molecule is Clc1cc(-c2cccc3ncccc23)nc(C2CC2)n1. The van der Waals surface area contributed by atoms with Crippen molar-refractivity contribution in [3.63, 3.8) is 0 Å². The van der Waals surface area contributed by atoms with Gasteiger partial charge in [0.05, 0.1) is 11.2 Å². The van der Waals surface area contributed by atoms with Crippen LogP contribution < -0.4 is 0 Å². The van der Waals surface area contributed by atoms with E-state index in [-0.39, 0.29) is 0 Å². The van der Waals surface area contributed by atoms with Crippen molar-refractivity contribution in [2.45, 2.75) is 18.8 Å². The molecule has 0 unspecified atom stereocenters. The standard InChI is InChI=1S/C16H12ClN3/c17-15-9-14(19-16(20-15)10-6-7-10)12-3-1-5-13-11(12)4-2-8-18-13/h1-5,8-10H,6-7H2. The highest BCUT2D eigenvalue weighted by Gasteiger charge is 2.27. The summed E-state index contributed by atoms with van der Waals surface area (Å²) < 4.78 is 0. The van der Waals surface area contributed by atoms with E-state index in [1.807, 2.05) is 24.3 Å². The molecular weight excluding hydrogens is 270 g/mol. The Labute approximate surface area is 121 Å². The Hall–Kier alpha value is -2.00. The van der Waals surface area contributed by atoms with Gasteiger partial charge in [-0.3, -0.25) is 4.98 Å². The summed E-state index contributed by atoms with van der Waals surface area (Å²) in [6.45, 7) is 0. The normalized spacial score (nSPS) is 14.7. The van der Waals surface area contributed by atoms with Gasteiger partial charge in [-0.15, -0.1) is 0 Å². The first-order valence-electron chi connectivity index (χ1n) is 6.70. The Bertz CT molecular complexity index is 791. The van der Waals surface area contributed by atoms with E-state index in [1.54, 1.807) is 6.20 Å². The molecule has 1 fully saturated rings. The van der Waals surface area contributed by atoms with Crippen LogP contribution >= 0.6 is 11.6 Å². The van der Waals surface area contributed by atoms with E-state index in [4.69, 9.17) is 16.6 Å². The van der Waals surface area contributed by atoms with Gasteiger partial charge in [-0.1, -0.05) is 29.8 Å². The first-order valence-corrected chi connectivity index (χ1v) is 7.08. The first-order chi connectivity index (χ1) is 9.81. The fraction of sp³-hybridized carbons (Fsp3) is 0.188. The van der Waals surface area contributed by atoms with Crippen LogP contribution in [0.15, 0.2) is 42.6 Å². The predicted octanol–water partition coefficient (Wildman–Crippen LogP) is 4.22. The van der Waals surface area contributed by atoms with E-state index < -0.39 is 0 Å². The van der Waals surface area contributed by atoms with Gasteiger partial charge >= 0.3 is 0 Å². The molecule has 2 aromatic heterocycles. The maximum atomic E-state index is 6.16. The third-order valence-electron chi connectivity index (χ3n) is 3.58. The maximum absolute atomic E-state index is 6.16. The molecule has 1 aromatic carbocycles. The van der Waals surface area contributed by atoms with Crippen LogP contribution in [0.1, 0.15) is 24.6 Å². The maximum Gasteiger partial charge on any atom is 0.133 e. The van der Waals surface area contributed by atoms with Crippen LogP contribution in [0.2, 0.25) is 5.15 Å². The van der Waals surface area contributed by atoms with Crippen molar-refractivity contribution >= 4 is 22.5 Å². The molecule has 98 valence electrons. The van der Waals surface area contributed by atoms with E-state index in [0.29, 0.717) is 11.1 Å². The van der Waals surface area contributed by atoms with Gasteiger partial charge < -0.3 is 0 Å². The molecule has 2 heterocycles. The van der Waals surface area contributed by atoms with Gasteiger partial charge in [0, 0.05) is 29.1 Å². The summed E-state index contributed by atoms with van der Waals surface area (Å²) in [7, 11) is 0. The molecule has 1 aliphatic rings. The molecule has 4 rings (SSSR count). The van der Waals surface area contributed by atoms with Gasteiger partial charge in [0.2, 0.25) is 0 Å². The second-order valence-electron chi connectivity index (χ2n) is 5.08. The Morgan fingerprint density at radius 1 is 1.05 bits per heavy atom. The van der Waals surface area contributed by atoms with Crippen LogP contribution in [0.25, 0.3) is 22.2 Å². The van der Waals surface area contributed by atoms with Gasteiger partial charge in [-0.2, -0.15) is 0 Å². The number of pyridine rings is 1. The van der Waals surface area contributed by atoms with Crippen molar-refractivity contribution in [3.05, 3.63) is 53.6 Å². The van der Waals surface area contributed by atoms with Crippen LogP contribution in [0.5, 0.6) is 0 Å². The molecule has 0 N–H and O–H groups in total. The number of benzene rings is 1. The van der Waals surface area contributed by atoms with Crippen molar-refractivity contribution in [2.24, 2.45) is 0 Å². The van der Waals surface area contributed by atoms with E-state index in [2.05, 4.69) is 22.1 Å². The fourth-order valence-electron chi connectivity index (χ4n) is 2.42. The van der Waals surface area contributed by atoms with Crippen molar-refractivity contribution in [1.82, 2.24) is 15.0 Å². The summed E-state index contributed by atoms with van der Waals surface area (Å²) in [6, 6.07) is 11.9. The number of aromatic nitrogens is 3. The monoisotopic (exact) mass is 281 g/mol. The minimum Gasteiger partial charge on any atom is -0.256 e.